The van der Waals surface area contributed by atoms with Gasteiger partial charge in [-0.2, -0.15) is 0 Å². The van der Waals surface area contributed by atoms with Crippen molar-refractivity contribution in [1.29, 1.82) is 0 Å². The average molecular weight is 201 g/mol. The van der Waals surface area contributed by atoms with Crippen LogP contribution in [0, 0.1) is 0 Å². The summed E-state index contributed by atoms with van der Waals surface area (Å²) in [5.74, 6) is 0. The normalized spacial score (nSPS) is 30.4. The van der Waals surface area contributed by atoms with Gasteiger partial charge in [0.2, 0.25) is 10.0 Å². The third-order valence-electron chi connectivity index (χ3n) is 1.56. The molecule has 1 aliphatic carbocycles. The molecule has 68 valence electrons. The highest BCUT2D eigenvalue weighted by atomic mass is 35.5. The fourth-order valence-electron chi connectivity index (χ4n) is 1.06. The molecule has 1 fully saturated rings. The van der Waals surface area contributed by atoms with Crippen molar-refractivity contribution in [3.8, 4) is 0 Å². The monoisotopic (exact) mass is 200 g/mol. The number of sulfonamides is 1. The lowest BCUT2D eigenvalue weighted by atomic mass is 9.89. The SMILES string of the molecule is CS(=O)(=O)NC1CC(N)C1.Cl. The van der Waals surface area contributed by atoms with E-state index in [1.807, 2.05) is 0 Å². The van der Waals surface area contributed by atoms with Crippen LogP contribution in [0.1, 0.15) is 12.8 Å². The predicted molar refractivity (Wildman–Crippen MR) is 46.2 cm³/mol. The molecule has 0 radical (unpaired) electrons. The van der Waals surface area contributed by atoms with Gasteiger partial charge in [-0.3, -0.25) is 0 Å². The van der Waals surface area contributed by atoms with Gasteiger partial charge >= 0.3 is 0 Å². The Morgan fingerprint density at radius 1 is 1.45 bits per heavy atom. The van der Waals surface area contributed by atoms with Crippen LogP contribution in [0.25, 0.3) is 0 Å². The van der Waals surface area contributed by atoms with E-state index in [4.69, 9.17) is 5.73 Å². The smallest absolute Gasteiger partial charge is 0.208 e. The molecule has 0 spiro atoms. The van der Waals surface area contributed by atoms with E-state index in [9.17, 15) is 8.42 Å². The molecule has 0 atom stereocenters. The van der Waals surface area contributed by atoms with E-state index in [1.54, 1.807) is 0 Å². The molecule has 11 heavy (non-hydrogen) atoms. The van der Waals surface area contributed by atoms with E-state index in [1.165, 1.54) is 0 Å². The molecule has 1 saturated carbocycles. The second-order valence-electron chi connectivity index (χ2n) is 2.82. The summed E-state index contributed by atoms with van der Waals surface area (Å²) in [5.41, 5.74) is 5.45. The molecule has 0 aromatic heterocycles. The Morgan fingerprint density at radius 2 is 1.91 bits per heavy atom. The second kappa shape index (κ2) is 3.71. The molecule has 1 aliphatic rings. The Morgan fingerprint density at radius 3 is 2.18 bits per heavy atom. The maximum absolute atomic E-state index is 10.6. The summed E-state index contributed by atoms with van der Waals surface area (Å²) >= 11 is 0. The highest BCUT2D eigenvalue weighted by Crippen LogP contribution is 2.17. The Balaban J connectivity index is 0.000001000. The summed E-state index contributed by atoms with van der Waals surface area (Å²) in [6.07, 6.45) is 2.71. The van der Waals surface area contributed by atoms with Crippen LogP contribution in [0.4, 0.5) is 0 Å². The topological polar surface area (TPSA) is 72.2 Å². The standard InChI is InChI=1S/C5H12N2O2S.ClH/c1-10(8,9)7-5-2-4(6)3-5;/h4-5,7H,2-3,6H2,1H3;1H. The number of halogens is 1. The molecule has 3 N–H and O–H groups in total. The first kappa shape index (κ1) is 11.2. The molecule has 6 heteroatoms. The van der Waals surface area contributed by atoms with Crippen LogP contribution in [-0.4, -0.2) is 26.8 Å². The highest BCUT2D eigenvalue weighted by Gasteiger charge is 2.27. The molecule has 0 unspecified atom stereocenters. The molecular weight excluding hydrogens is 188 g/mol. The third kappa shape index (κ3) is 3.91. The molecular formula is C5H13ClN2O2S. The van der Waals surface area contributed by atoms with E-state index < -0.39 is 10.0 Å². The first-order valence-electron chi connectivity index (χ1n) is 3.20. The molecule has 0 saturated heterocycles. The number of hydrogen-bond acceptors (Lipinski definition) is 3. The summed E-state index contributed by atoms with van der Waals surface area (Å²) in [4.78, 5) is 0. The molecule has 0 heterocycles. The zero-order valence-corrected chi connectivity index (χ0v) is 7.91. The van der Waals surface area contributed by atoms with Crippen LogP contribution in [0.2, 0.25) is 0 Å². The first-order chi connectivity index (χ1) is 4.47. The Bertz CT molecular complexity index is 211. The van der Waals surface area contributed by atoms with Crippen LogP contribution in [0.15, 0.2) is 0 Å². The quantitative estimate of drug-likeness (QED) is 0.628. The lowest BCUT2D eigenvalue weighted by Gasteiger charge is -2.32. The number of nitrogens with two attached hydrogens (primary N) is 1. The number of nitrogens with one attached hydrogen (secondary N) is 1. The van der Waals surface area contributed by atoms with E-state index in [-0.39, 0.29) is 24.5 Å². The summed E-state index contributed by atoms with van der Waals surface area (Å²) in [5, 5.41) is 0. The summed E-state index contributed by atoms with van der Waals surface area (Å²) < 4.78 is 23.7. The lowest BCUT2D eigenvalue weighted by Crippen LogP contribution is -2.49. The van der Waals surface area contributed by atoms with Crippen molar-refractivity contribution in [2.24, 2.45) is 5.73 Å². The van der Waals surface area contributed by atoms with Gasteiger partial charge in [0.25, 0.3) is 0 Å². The Labute approximate surface area is 73.0 Å². The molecule has 0 amide bonds. The van der Waals surface area contributed by atoms with Gasteiger partial charge in [-0.25, -0.2) is 13.1 Å². The molecule has 1 rings (SSSR count). The number of hydrogen-bond donors (Lipinski definition) is 2. The van der Waals surface area contributed by atoms with Gasteiger partial charge in [-0.1, -0.05) is 0 Å². The van der Waals surface area contributed by atoms with Crippen molar-refractivity contribution in [2.45, 2.75) is 24.9 Å². The van der Waals surface area contributed by atoms with Gasteiger partial charge < -0.3 is 5.73 Å². The van der Waals surface area contributed by atoms with E-state index in [0.717, 1.165) is 19.1 Å². The minimum Gasteiger partial charge on any atom is -0.328 e. The highest BCUT2D eigenvalue weighted by molar-refractivity contribution is 7.88. The van der Waals surface area contributed by atoms with Gasteiger partial charge in [-0.05, 0) is 12.8 Å². The maximum atomic E-state index is 10.6. The van der Waals surface area contributed by atoms with Gasteiger partial charge in [0, 0.05) is 12.1 Å². The minimum atomic E-state index is -3.01. The zero-order chi connectivity index (χ0) is 7.78. The third-order valence-corrected chi connectivity index (χ3v) is 2.32. The zero-order valence-electron chi connectivity index (χ0n) is 6.28. The minimum absolute atomic E-state index is 0. The molecule has 4 nitrogen and oxygen atoms in total. The molecule has 0 aliphatic heterocycles. The molecule has 0 aromatic carbocycles. The van der Waals surface area contributed by atoms with Gasteiger partial charge in [-0.15, -0.1) is 12.4 Å². The van der Waals surface area contributed by atoms with Crippen molar-refractivity contribution >= 4 is 22.4 Å². The number of rotatable bonds is 2. The van der Waals surface area contributed by atoms with Crippen molar-refractivity contribution in [3.05, 3.63) is 0 Å². The van der Waals surface area contributed by atoms with Crippen molar-refractivity contribution in [3.63, 3.8) is 0 Å². The van der Waals surface area contributed by atoms with Crippen LogP contribution in [-0.2, 0) is 10.0 Å². The van der Waals surface area contributed by atoms with E-state index in [0.29, 0.717) is 0 Å². The lowest BCUT2D eigenvalue weighted by molar-refractivity contribution is 0.327. The van der Waals surface area contributed by atoms with Gasteiger partial charge in [0.15, 0.2) is 0 Å². The first-order valence-corrected chi connectivity index (χ1v) is 5.09. The average Bonchev–Trinajstić information content (AvgIpc) is 1.57. The maximum Gasteiger partial charge on any atom is 0.208 e. The van der Waals surface area contributed by atoms with Crippen molar-refractivity contribution in [2.75, 3.05) is 6.26 Å². The fourth-order valence-corrected chi connectivity index (χ4v) is 1.86. The van der Waals surface area contributed by atoms with Crippen LogP contribution >= 0.6 is 12.4 Å². The second-order valence-corrected chi connectivity index (χ2v) is 4.60. The predicted octanol–water partition coefficient (Wildman–Crippen LogP) is -0.553. The molecule has 0 aromatic rings. The van der Waals surface area contributed by atoms with E-state index >= 15 is 0 Å². The Hall–Kier alpha value is 0.160. The summed E-state index contributed by atoms with van der Waals surface area (Å²) in [7, 11) is -3.01. The summed E-state index contributed by atoms with van der Waals surface area (Å²) in [6.45, 7) is 0. The van der Waals surface area contributed by atoms with Crippen molar-refractivity contribution in [1.82, 2.24) is 4.72 Å². The van der Waals surface area contributed by atoms with Crippen molar-refractivity contribution < 1.29 is 8.42 Å². The summed E-state index contributed by atoms with van der Waals surface area (Å²) in [6, 6.07) is 0.282. The van der Waals surface area contributed by atoms with Crippen LogP contribution in [0.3, 0.4) is 0 Å². The molecule has 0 bridgehead atoms. The van der Waals surface area contributed by atoms with Gasteiger partial charge in [0.05, 0.1) is 6.26 Å². The Kier molecular flexibility index (Phi) is 3.76. The van der Waals surface area contributed by atoms with Crippen LogP contribution in [0.5, 0.6) is 0 Å². The largest absolute Gasteiger partial charge is 0.328 e. The van der Waals surface area contributed by atoms with E-state index in [2.05, 4.69) is 4.72 Å². The van der Waals surface area contributed by atoms with Crippen LogP contribution < -0.4 is 10.5 Å². The fraction of sp³-hybridized carbons (Fsp3) is 1.00. The van der Waals surface area contributed by atoms with Gasteiger partial charge in [0.1, 0.15) is 0 Å².